The molecule has 1 aromatic heterocycles. The molecule has 240 valence electrons. The van der Waals surface area contributed by atoms with Crippen LogP contribution >= 0.6 is 0 Å². The van der Waals surface area contributed by atoms with E-state index in [0.717, 1.165) is 27.8 Å². The van der Waals surface area contributed by atoms with Crippen LogP contribution in [-0.2, 0) is 5.41 Å². The molecule has 0 radical (unpaired) electrons. The molecule has 8 aromatic carbocycles. The predicted octanol–water partition coefficient (Wildman–Crippen LogP) is 12.3. The summed E-state index contributed by atoms with van der Waals surface area (Å²) in [5.74, 6) is 1.99. The molecular formula is C48H33N3. The largest absolute Gasteiger partial charge is 0.208 e. The molecule has 0 saturated heterocycles. The summed E-state index contributed by atoms with van der Waals surface area (Å²) in [6.07, 6.45) is 0. The van der Waals surface area contributed by atoms with E-state index in [1.807, 2.05) is 6.07 Å². The maximum atomic E-state index is 5.31. The highest BCUT2D eigenvalue weighted by molar-refractivity contribution is 6.25. The van der Waals surface area contributed by atoms with Gasteiger partial charge in [-0.15, -0.1) is 0 Å². The lowest BCUT2D eigenvalue weighted by Crippen LogP contribution is -2.17. The van der Waals surface area contributed by atoms with Crippen molar-refractivity contribution in [3.63, 3.8) is 0 Å². The van der Waals surface area contributed by atoms with Gasteiger partial charge in [0.05, 0.1) is 0 Å². The lowest BCUT2D eigenvalue weighted by molar-refractivity contribution is 0.661. The van der Waals surface area contributed by atoms with Gasteiger partial charge in [-0.25, -0.2) is 15.0 Å². The van der Waals surface area contributed by atoms with E-state index in [1.54, 1.807) is 0 Å². The van der Waals surface area contributed by atoms with Gasteiger partial charge >= 0.3 is 0 Å². The van der Waals surface area contributed by atoms with Crippen molar-refractivity contribution < 1.29 is 0 Å². The zero-order valence-electron chi connectivity index (χ0n) is 28.4. The fraction of sp³-hybridized carbons (Fsp3) is 0.0625. The minimum absolute atomic E-state index is 0.217. The molecule has 9 aromatic rings. The van der Waals surface area contributed by atoms with Gasteiger partial charge in [-0.05, 0) is 77.8 Å². The Labute approximate surface area is 297 Å². The molecule has 0 N–H and O–H groups in total. The van der Waals surface area contributed by atoms with Gasteiger partial charge < -0.3 is 0 Å². The number of fused-ring (bicyclic) bond motifs is 9. The van der Waals surface area contributed by atoms with Crippen LogP contribution in [0.3, 0.4) is 0 Å². The molecule has 1 aliphatic rings. The summed E-state index contributed by atoms with van der Waals surface area (Å²) >= 11 is 0. The van der Waals surface area contributed by atoms with Crippen LogP contribution in [-0.4, -0.2) is 15.0 Å². The van der Waals surface area contributed by atoms with Gasteiger partial charge in [0.15, 0.2) is 17.5 Å². The highest BCUT2D eigenvalue weighted by Crippen LogP contribution is 2.51. The molecule has 0 saturated carbocycles. The Morgan fingerprint density at radius 3 is 1.55 bits per heavy atom. The van der Waals surface area contributed by atoms with E-state index in [1.165, 1.54) is 54.6 Å². The summed E-state index contributed by atoms with van der Waals surface area (Å²) in [5.41, 5.74) is 10.1. The summed E-state index contributed by atoms with van der Waals surface area (Å²) in [6, 6.07) is 58.3. The van der Waals surface area contributed by atoms with Crippen LogP contribution in [0.4, 0.5) is 0 Å². The zero-order chi connectivity index (χ0) is 34.1. The Morgan fingerprint density at radius 1 is 0.333 bits per heavy atom. The van der Waals surface area contributed by atoms with Gasteiger partial charge in [0.1, 0.15) is 0 Å². The third-order valence-corrected chi connectivity index (χ3v) is 10.7. The molecule has 0 fully saturated rings. The second-order valence-electron chi connectivity index (χ2n) is 14.0. The Kier molecular flexibility index (Phi) is 6.53. The molecule has 1 heterocycles. The lowest BCUT2D eigenvalue weighted by atomic mass is 9.80. The Hall–Kier alpha value is -6.45. The molecular weight excluding hydrogens is 619 g/mol. The van der Waals surface area contributed by atoms with Crippen molar-refractivity contribution in [2.24, 2.45) is 0 Å². The van der Waals surface area contributed by atoms with Crippen LogP contribution < -0.4 is 0 Å². The maximum Gasteiger partial charge on any atom is 0.164 e. The zero-order valence-corrected chi connectivity index (χ0v) is 28.4. The van der Waals surface area contributed by atoms with Crippen molar-refractivity contribution in [1.29, 1.82) is 0 Å². The summed E-state index contributed by atoms with van der Waals surface area (Å²) in [6.45, 7) is 4.62. The Balaban J connectivity index is 1.23. The molecule has 0 unspecified atom stereocenters. The van der Waals surface area contributed by atoms with Crippen molar-refractivity contribution in [2.45, 2.75) is 19.3 Å². The first-order valence-corrected chi connectivity index (χ1v) is 17.5. The maximum absolute atomic E-state index is 5.31. The number of rotatable bonds is 4. The van der Waals surface area contributed by atoms with Gasteiger partial charge in [0.2, 0.25) is 0 Å². The second kappa shape index (κ2) is 11.3. The SMILES string of the molecule is CC1(C)c2ccccc2-c2cccc(-c3nc(-c4cccc(-c5ccccc5)c4)nc(-c4ccc5c6ccccc6c6ccccc6c5c4)n3)c21. The minimum Gasteiger partial charge on any atom is -0.208 e. The van der Waals surface area contributed by atoms with Crippen LogP contribution in [0.1, 0.15) is 25.0 Å². The first-order valence-electron chi connectivity index (χ1n) is 17.5. The quantitative estimate of drug-likeness (QED) is 0.178. The Morgan fingerprint density at radius 2 is 0.824 bits per heavy atom. The van der Waals surface area contributed by atoms with Gasteiger partial charge in [-0.1, -0.05) is 166 Å². The molecule has 1 aliphatic carbocycles. The van der Waals surface area contributed by atoms with Gasteiger partial charge in [-0.2, -0.15) is 0 Å². The van der Waals surface area contributed by atoms with Crippen molar-refractivity contribution in [3.8, 4) is 56.4 Å². The summed E-state index contributed by atoms with van der Waals surface area (Å²) < 4.78 is 0. The van der Waals surface area contributed by atoms with Crippen LogP contribution in [0.25, 0.3) is 88.7 Å². The molecule has 51 heavy (non-hydrogen) atoms. The molecule has 0 spiro atoms. The topological polar surface area (TPSA) is 38.7 Å². The van der Waals surface area contributed by atoms with E-state index in [4.69, 9.17) is 15.0 Å². The number of nitrogens with zero attached hydrogens (tertiary/aromatic N) is 3. The average molecular weight is 652 g/mol. The summed E-state index contributed by atoms with van der Waals surface area (Å²) in [4.78, 5) is 15.8. The molecule has 0 aliphatic heterocycles. The van der Waals surface area contributed by atoms with Gasteiger partial charge in [-0.3, -0.25) is 0 Å². The third-order valence-electron chi connectivity index (χ3n) is 10.7. The van der Waals surface area contributed by atoms with E-state index < -0.39 is 0 Å². The monoisotopic (exact) mass is 651 g/mol. The molecule has 10 rings (SSSR count). The number of hydrogen-bond donors (Lipinski definition) is 0. The van der Waals surface area contributed by atoms with Gasteiger partial charge in [0, 0.05) is 22.1 Å². The number of hydrogen-bond acceptors (Lipinski definition) is 3. The third kappa shape index (κ3) is 4.62. The minimum atomic E-state index is -0.217. The summed E-state index contributed by atoms with van der Waals surface area (Å²) in [7, 11) is 0. The fourth-order valence-corrected chi connectivity index (χ4v) is 8.30. The molecule has 0 amide bonds. The molecule has 0 bridgehead atoms. The average Bonchev–Trinajstić information content (AvgIpc) is 3.44. The van der Waals surface area contributed by atoms with E-state index >= 15 is 0 Å². The van der Waals surface area contributed by atoms with Crippen molar-refractivity contribution >= 4 is 32.3 Å². The second-order valence-corrected chi connectivity index (χ2v) is 14.0. The van der Waals surface area contributed by atoms with E-state index in [2.05, 4.69) is 172 Å². The first-order chi connectivity index (χ1) is 25.0. The Bertz CT molecular complexity index is 2800. The van der Waals surface area contributed by atoms with E-state index in [9.17, 15) is 0 Å². The van der Waals surface area contributed by atoms with Crippen molar-refractivity contribution in [3.05, 3.63) is 175 Å². The number of benzene rings is 8. The number of aromatic nitrogens is 3. The molecule has 3 nitrogen and oxygen atoms in total. The molecule has 3 heteroatoms. The van der Waals surface area contributed by atoms with Crippen LogP contribution in [0.2, 0.25) is 0 Å². The van der Waals surface area contributed by atoms with E-state index in [-0.39, 0.29) is 5.41 Å². The highest BCUT2D eigenvalue weighted by atomic mass is 15.0. The van der Waals surface area contributed by atoms with Crippen LogP contribution in [0.15, 0.2) is 164 Å². The summed E-state index contributed by atoms with van der Waals surface area (Å²) in [5, 5.41) is 7.38. The standard InChI is InChI=1S/C48H33N3/c1-48(2)43-25-11-10-22-39(43)40-23-13-24-41(44(40)48)47-50-45(32-17-12-16-31(28-32)30-14-4-3-5-15-30)49-46(51-47)33-26-27-38-36-20-7-6-18-34(36)35-19-8-9-21-37(35)42(38)29-33/h3-29H,1-2H3. The molecule has 0 atom stereocenters. The highest BCUT2D eigenvalue weighted by Gasteiger charge is 2.38. The first kappa shape index (κ1) is 29.5. The fourth-order valence-electron chi connectivity index (χ4n) is 8.30. The van der Waals surface area contributed by atoms with Crippen molar-refractivity contribution in [2.75, 3.05) is 0 Å². The van der Waals surface area contributed by atoms with Crippen LogP contribution in [0.5, 0.6) is 0 Å². The smallest absolute Gasteiger partial charge is 0.164 e. The predicted molar refractivity (Wildman–Crippen MR) is 212 cm³/mol. The van der Waals surface area contributed by atoms with Crippen molar-refractivity contribution in [1.82, 2.24) is 15.0 Å². The van der Waals surface area contributed by atoms with Gasteiger partial charge in [0.25, 0.3) is 0 Å². The van der Waals surface area contributed by atoms with Crippen LogP contribution in [0, 0.1) is 0 Å². The normalized spacial score (nSPS) is 13.1. The van der Waals surface area contributed by atoms with E-state index in [0.29, 0.717) is 17.5 Å². The lowest BCUT2D eigenvalue weighted by Gasteiger charge is -2.24.